The molecule has 2 nitrogen and oxygen atoms in total. The third kappa shape index (κ3) is 4.10. The highest BCUT2D eigenvalue weighted by molar-refractivity contribution is 14.1. The van der Waals surface area contributed by atoms with Crippen molar-refractivity contribution < 1.29 is 9.53 Å². The minimum atomic E-state index is 0.205. The molecular weight excluding hydrogens is 359 g/mol. The normalized spacial score (nSPS) is 10.3. The van der Waals surface area contributed by atoms with Crippen LogP contribution in [-0.4, -0.2) is 12.4 Å². The molecule has 0 aliphatic carbocycles. The van der Waals surface area contributed by atoms with E-state index in [1.54, 1.807) is 0 Å². The van der Waals surface area contributed by atoms with E-state index in [1.807, 2.05) is 41.8 Å². The number of ketones is 1. The lowest BCUT2D eigenvalue weighted by molar-refractivity contribution is 0.0977. The highest BCUT2D eigenvalue weighted by Crippen LogP contribution is 2.15. The van der Waals surface area contributed by atoms with E-state index in [4.69, 9.17) is 4.74 Å². The molecule has 0 spiro atoms. The van der Waals surface area contributed by atoms with Crippen molar-refractivity contribution in [1.82, 2.24) is 0 Å². The third-order valence-electron chi connectivity index (χ3n) is 2.43. The van der Waals surface area contributed by atoms with Crippen molar-refractivity contribution in [1.29, 1.82) is 0 Å². The first-order chi connectivity index (χ1) is 8.75. The number of thiophene rings is 1. The molecule has 4 heteroatoms. The number of halogens is 1. The maximum atomic E-state index is 11.7. The molecular formula is C14H13IO2S. The summed E-state index contributed by atoms with van der Waals surface area (Å²) in [6, 6.07) is 11.7. The van der Waals surface area contributed by atoms with E-state index in [9.17, 15) is 4.79 Å². The zero-order valence-corrected chi connectivity index (χ0v) is 12.7. The molecule has 1 aromatic heterocycles. The Hall–Kier alpha value is -0.880. The van der Waals surface area contributed by atoms with Gasteiger partial charge < -0.3 is 4.74 Å². The van der Waals surface area contributed by atoms with E-state index in [2.05, 4.69) is 22.6 Å². The molecule has 0 fully saturated rings. The fourth-order valence-electron chi connectivity index (χ4n) is 1.51. The second kappa shape index (κ2) is 6.89. The Morgan fingerprint density at radius 2 is 2.00 bits per heavy atom. The van der Waals surface area contributed by atoms with E-state index in [-0.39, 0.29) is 5.78 Å². The Morgan fingerprint density at radius 1 is 1.22 bits per heavy atom. The number of ether oxygens (including phenoxy) is 1. The van der Waals surface area contributed by atoms with Crippen molar-refractivity contribution in [3.8, 4) is 5.75 Å². The highest BCUT2D eigenvalue weighted by atomic mass is 127. The number of Topliss-reactive ketones (excluding diaryl/α,β-unsaturated/α-hetero) is 1. The van der Waals surface area contributed by atoms with E-state index in [0.29, 0.717) is 13.0 Å². The van der Waals surface area contributed by atoms with Crippen LogP contribution in [0.3, 0.4) is 0 Å². The summed E-state index contributed by atoms with van der Waals surface area (Å²) in [5.74, 6) is 1.06. The van der Waals surface area contributed by atoms with Gasteiger partial charge in [0.15, 0.2) is 5.78 Å². The van der Waals surface area contributed by atoms with E-state index in [1.165, 1.54) is 14.9 Å². The van der Waals surface area contributed by atoms with Gasteiger partial charge in [-0.1, -0.05) is 6.07 Å². The quantitative estimate of drug-likeness (QED) is 0.427. The van der Waals surface area contributed by atoms with Crippen LogP contribution >= 0.6 is 33.9 Å². The van der Waals surface area contributed by atoms with Crippen LogP contribution in [0.2, 0.25) is 0 Å². The SMILES string of the molecule is O=C(CCCOc1ccc(I)cc1)c1cccs1. The summed E-state index contributed by atoms with van der Waals surface area (Å²) in [6.45, 7) is 0.581. The third-order valence-corrected chi connectivity index (χ3v) is 4.06. The molecule has 0 bridgehead atoms. The molecule has 0 aliphatic rings. The Kier molecular flexibility index (Phi) is 5.19. The molecule has 2 rings (SSSR count). The smallest absolute Gasteiger partial charge is 0.172 e. The fourth-order valence-corrected chi connectivity index (χ4v) is 2.57. The lowest BCUT2D eigenvalue weighted by Crippen LogP contribution is -2.02. The largest absolute Gasteiger partial charge is 0.494 e. The summed E-state index contributed by atoms with van der Waals surface area (Å²) >= 11 is 3.75. The van der Waals surface area contributed by atoms with Crippen molar-refractivity contribution in [2.45, 2.75) is 12.8 Å². The topological polar surface area (TPSA) is 26.3 Å². The number of carbonyl (C=O) groups is 1. The lowest BCUT2D eigenvalue weighted by Gasteiger charge is -2.05. The zero-order valence-electron chi connectivity index (χ0n) is 9.77. The molecule has 0 unspecified atom stereocenters. The van der Waals surface area contributed by atoms with Gasteiger partial charge in [0.25, 0.3) is 0 Å². The molecule has 0 atom stereocenters. The Labute approximate surface area is 124 Å². The number of hydrogen-bond donors (Lipinski definition) is 0. The summed E-state index contributed by atoms with van der Waals surface area (Å²) in [5, 5.41) is 1.93. The number of hydrogen-bond acceptors (Lipinski definition) is 3. The van der Waals surface area contributed by atoms with Gasteiger partial charge in [0.1, 0.15) is 5.75 Å². The van der Waals surface area contributed by atoms with Gasteiger partial charge in [-0.3, -0.25) is 4.79 Å². The van der Waals surface area contributed by atoms with Gasteiger partial charge in [-0.15, -0.1) is 11.3 Å². The van der Waals surface area contributed by atoms with E-state index >= 15 is 0 Å². The van der Waals surface area contributed by atoms with Gasteiger partial charge in [0, 0.05) is 9.99 Å². The number of rotatable bonds is 6. The average molecular weight is 372 g/mol. The lowest BCUT2D eigenvalue weighted by atomic mass is 10.2. The van der Waals surface area contributed by atoms with Gasteiger partial charge in [-0.2, -0.15) is 0 Å². The molecule has 0 N–H and O–H groups in total. The van der Waals surface area contributed by atoms with Crippen LogP contribution in [0, 0.1) is 3.57 Å². The molecule has 94 valence electrons. The average Bonchev–Trinajstić information content (AvgIpc) is 2.90. The summed E-state index contributed by atoms with van der Waals surface area (Å²) in [7, 11) is 0. The van der Waals surface area contributed by atoms with Crippen LogP contribution in [-0.2, 0) is 0 Å². The Morgan fingerprint density at radius 3 is 2.67 bits per heavy atom. The van der Waals surface area contributed by atoms with Crippen LogP contribution in [0.4, 0.5) is 0 Å². The summed E-state index contributed by atoms with van der Waals surface area (Å²) in [6.07, 6.45) is 1.30. The maximum absolute atomic E-state index is 11.7. The first kappa shape index (κ1) is 13.5. The van der Waals surface area contributed by atoms with Crippen LogP contribution in [0.15, 0.2) is 41.8 Å². The second-order valence-electron chi connectivity index (χ2n) is 3.81. The van der Waals surface area contributed by atoms with Gasteiger partial charge in [0.05, 0.1) is 11.5 Å². The van der Waals surface area contributed by atoms with Crippen LogP contribution in [0.5, 0.6) is 5.75 Å². The van der Waals surface area contributed by atoms with E-state index in [0.717, 1.165) is 17.0 Å². The van der Waals surface area contributed by atoms with Crippen molar-refractivity contribution in [2.75, 3.05) is 6.61 Å². The Bertz CT molecular complexity index is 491. The minimum Gasteiger partial charge on any atom is -0.494 e. The van der Waals surface area contributed by atoms with Crippen molar-refractivity contribution in [2.24, 2.45) is 0 Å². The van der Waals surface area contributed by atoms with Gasteiger partial charge in [0.2, 0.25) is 0 Å². The molecule has 0 amide bonds. The molecule has 0 saturated heterocycles. The van der Waals surface area contributed by atoms with Gasteiger partial charge in [-0.05, 0) is 64.7 Å². The maximum Gasteiger partial charge on any atom is 0.172 e. The van der Waals surface area contributed by atoms with E-state index < -0.39 is 0 Å². The van der Waals surface area contributed by atoms with Gasteiger partial charge >= 0.3 is 0 Å². The number of carbonyl (C=O) groups excluding carboxylic acids is 1. The molecule has 2 aromatic rings. The predicted octanol–water partition coefficient (Wildman–Crippen LogP) is 4.39. The summed E-state index contributed by atoms with van der Waals surface area (Å²) in [5.41, 5.74) is 0. The van der Waals surface area contributed by atoms with Crippen LogP contribution in [0.1, 0.15) is 22.5 Å². The Balaban J connectivity index is 1.70. The minimum absolute atomic E-state index is 0.205. The van der Waals surface area contributed by atoms with Crippen molar-refractivity contribution in [3.63, 3.8) is 0 Å². The monoisotopic (exact) mass is 372 g/mol. The predicted molar refractivity (Wildman–Crippen MR) is 82.5 cm³/mol. The molecule has 0 radical (unpaired) electrons. The van der Waals surface area contributed by atoms with Gasteiger partial charge in [-0.25, -0.2) is 0 Å². The molecule has 18 heavy (non-hydrogen) atoms. The molecule has 1 aromatic carbocycles. The number of benzene rings is 1. The summed E-state index contributed by atoms with van der Waals surface area (Å²) in [4.78, 5) is 12.6. The highest BCUT2D eigenvalue weighted by Gasteiger charge is 2.06. The van der Waals surface area contributed by atoms with Crippen molar-refractivity contribution in [3.05, 3.63) is 50.2 Å². The molecule has 0 saturated carbocycles. The first-order valence-electron chi connectivity index (χ1n) is 5.71. The first-order valence-corrected chi connectivity index (χ1v) is 7.66. The second-order valence-corrected chi connectivity index (χ2v) is 6.00. The summed E-state index contributed by atoms with van der Waals surface area (Å²) < 4.78 is 6.76. The van der Waals surface area contributed by atoms with Crippen molar-refractivity contribution >= 4 is 39.7 Å². The van der Waals surface area contributed by atoms with Crippen LogP contribution in [0.25, 0.3) is 0 Å². The molecule has 0 aliphatic heterocycles. The fraction of sp³-hybridized carbons (Fsp3) is 0.214. The molecule has 1 heterocycles. The van der Waals surface area contributed by atoms with Crippen LogP contribution < -0.4 is 4.74 Å². The zero-order chi connectivity index (χ0) is 12.8. The standard InChI is InChI=1S/C14H13IO2S/c15-11-5-7-12(8-6-11)17-9-1-3-13(16)14-4-2-10-18-14/h2,4-8,10H,1,3,9H2.